The van der Waals surface area contributed by atoms with E-state index >= 15 is 0 Å². The second-order valence-corrected chi connectivity index (χ2v) is 5.01. The highest BCUT2D eigenvalue weighted by Crippen LogP contribution is 2.34. The average molecular weight is 171 g/mol. The molecule has 1 nitrogen and oxygen atoms in total. The van der Waals surface area contributed by atoms with Crippen LogP contribution < -0.4 is 0 Å². The van der Waals surface area contributed by atoms with Crippen LogP contribution in [-0.2, 0) is 0 Å². The van der Waals surface area contributed by atoms with E-state index in [1.165, 1.54) is 12.3 Å². The SMILES string of the molecule is CC=CCN1CCSC1(C)C. The number of nitrogens with zero attached hydrogens (tertiary/aromatic N) is 1. The monoisotopic (exact) mass is 171 g/mol. The van der Waals surface area contributed by atoms with Crippen LogP contribution in [0.15, 0.2) is 12.2 Å². The van der Waals surface area contributed by atoms with Gasteiger partial charge in [0.15, 0.2) is 0 Å². The summed E-state index contributed by atoms with van der Waals surface area (Å²) in [6.45, 7) is 9.02. The lowest BCUT2D eigenvalue weighted by atomic mass is 10.3. The molecule has 0 N–H and O–H groups in total. The summed E-state index contributed by atoms with van der Waals surface area (Å²) in [5.74, 6) is 1.28. The van der Waals surface area contributed by atoms with Crippen LogP contribution in [0.1, 0.15) is 20.8 Å². The third-order valence-corrected chi connectivity index (χ3v) is 3.49. The van der Waals surface area contributed by atoms with Gasteiger partial charge in [-0.15, -0.1) is 11.8 Å². The fraction of sp³-hybridized carbons (Fsp3) is 0.778. The standard InChI is InChI=1S/C9H17NS/c1-4-5-6-10-7-8-11-9(10,2)3/h4-5H,6-8H2,1-3H3. The van der Waals surface area contributed by atoms with Gasteiger partial charge in [0, 0.05) is 18.8 Å². The van der Waals surface area contributed by atoms with Crippen molar-refractivity contribution in [3.63, 3.8) is 0 Å². The Morgan fingerprint density at radius 2 is 2.27 bits per heavy atom. The molecule has 0 aliphatic carbocycles. The molecular weight excluding hydrogens is 154 g/mol. The zero-order chi connectivity index (χ0) is 8.32. The van der Waals surface area contributed by atoms with Gasteiger partial charge in [-0.2, -0.15) is 0 Å². The third kappa shape index (κ3) is 2.24. The summed E-state index contributed by atoms with van der Waals surface area (Å²) in [5.41, 5.74) is 0. The van der Waals surface area contributed by atoms with E-state index in [-0.39, 0.29) is 0 Å². The van der Waals surface area contributed by atoms with Crippen molar-refractivity contribution in [2.45, 2.75) is 25.6 Å². The van der Waals surface area contributed by atoms with Gasteiger partial charge in [0.05, 0.1) is 4.87 Å². The molecule has 0 saturated carbocycles. The predicted octanol–water partition coefficient (Wildman–Crippen LogP) is 2.35. The van der Waals surface area contributed by atoms with Crippen molar-refractivity contribution >= 4 is 11.8 Å². The minimum absolute atomic E-state index is 0.361. The van der Waals surface area contributed by atoms with Crippen molar-refractivity contribution in [2.24, 2.45) is 0 Å². The number of rotatable bonds is 2. The van der Waals surface area contributed by atoms with E-state index in [2.05, 4.69) is 49.6 Å². The van der Waals surface area contributed by atoms with Crippen LogP contribution in [0.25, 0.3) is 0 Å². The fourth-order valence-electron chi connectivity index (χ4n) is 1.31. The highest BCUT2D eigenvalue weighted by atomic mass is 32.2. The van der Waals surface area contributed by atoms with Crippen LogP contribution in [0.4, 0.5) is 0 Å². The number of hydrogen-bond donors (Lipinski definition) is 0. The summed E-state index contributed by atoms with van der Waals surface area (Å²) in [6.07, 6.45) is 4.35. The maximum Gasteiger partial charge on any atom is 0.0616 e. The predicted molar refractivity (Wildman–Crippen MR) is 52.9 cm³/mol. The molecule has 1 fully saturated rings. The number of thioether (sulfide) groups is 1. The minimum atomic E-state index is 0.361. The fourth-order valence-corrected chi connectivity index (χ4v) is 2.47. The highest BCUT2D eigenvalue weighted by molar-refractivity contribution is 8.00. The van der Waals surface area contributed by atoms with E-state index in [1.54, 1.807) is 0 Å². The van der Waals surface area contributed by atoms with Crippen LogP contribution in [0.3, 0.4) is 0 Å². The van der Waals surface area contributed by atoms with E-state index in [9.17, 15) is 0 Å². The molecule has 1 aliphatic rings. The molecule has 1 rings (SSSR count). The number of allylic oxidation sites excluding steroid dienone is 1. The molecule has 1 heterocycles. The summed E-state index contributed by atoms with van der Waals surface area (Å²) in [4.78, 5) is 2.87. The van der Waals surface area contributed by atoms with Crippen molar-refractivity contribution in [3.8, 4) is 0 Å². The molecule has 0 unspecified atom stereocenters. The maximum atomic E-state index is 2.51. The Kier molecular flexibility index (Phi) is 3.02. The Morgan fingerprint density at radius 1 is 1.55 bits per heavy atom. The normalized spacial score (nSPS) is 25.0. The Morgan fingerprint density at radius 3 is 2.73 bits per heavy atom. The summed E-state index contributed by atoms with van der Waals surface area (Å²) in [7, 11) is 0. The van der Waals surface area contributed by atoms with Crippen LogP contribution >= 0.6 is 11.8 Å². The third-order valence-electron chi connectivity index (χ3n) is 2.14. The second kappa shape index (κ2) is 3.63. The largest absolute Gasteiger partial charge is 0.285 e. The Balaban J connectivity index is 2.44. The van der Waals surface area contributed by atoms with Crippen LogP contribution in [0.2, 0.25) is 0 Å². The van der Waals surface area contributed by atoms with Crippen LogP contribution in [0, 0.1) is 0 Å². The van der Waals surface area contributed by atoms with Crippen LogP contribution in [0.5, 0.6) is 0 Å². The quantitative estimate of drug-likeness (QED) is 0.587. The average Bonchev–Trinajstić information content (AvgIpc) is 2.25. The molecule has 0 amide bonds. The first-order valence-corrected chi connectivity index (χ1v) is 5.15. The maximum absolute atomic E-state index is 2.51. The molecule has 0 aromatic heterocycles. The van der Waals surface area contributed by atoms with Gasteiger partial charge < -0.3 is 0 Å². The van der Waals surface area contributed by atoms with E-state index in [0.717, 1.165) is 6.54 Å². The molecule has 0 radical (unpaired) electrons. The molecule has 1 saturated heterocycles. The second-order valence-electron chi connectivity index (χ2n) is 3.31. The molecule has 64 valence electrons. The van der Waals surface area contributed by atoms with Gasteiger partial charge in [-0.3, -0.25) is 4.90 Å². The Labute approximate surface area is 73.8 Å². The minimum Gasteiger partial charge on any atom is -0.285 e. The van der Waals surface area contributed by atoms with E-state index in [0.29, 0.717) is 4.87 Å². The van der Waals surface area contributed by atoms with Crippen molar-refractivity contribution in [2.75, 3.05) is 18.8 Å². The zero-order valence-corrected chi connectivity index (χ0v) is 8.45. The van der Waals surface area contributed by atoms with E-state index in [4.69, 9.17) is 0 Å². The first kappa shape index (κ1) is 9.14. The van der Waals surface area contributed by atoms with E-state index < -0.39 is 0 Å². The molecule has 0 atom stereocenters. The smallest absolute Gasteiger partial charge is 0.0616 e. The highest BCUT2D eigenvalue weighted by Gasteiger charge is 2.31. The lowest BCUT2D eigenvalue weighted by Crippen LogP contribution is -2.36. The van der Waals surface area contributed by atoms with Crippen LogP contribution in [-0.4, -0.2) is 28.6 Å². The van der Waals surface area contributed by atoms with Gasteiger partial charge in [-0.25, -0.2) is 0 Å². The van der Waals surface area contributed by atoms with Crippen molar-refractivity contribution < 1.29 is 0 Å². The summed E-state index contributed by atoms with van der Waals surface area (Å²) >= 11 is 2.05. The van der Waals surface area contributed by atoms with Gasteiger partial charge in [0.2, 0.25) is 0 Å². The molecule has 1 aliphatic heterocycles. The molecular formula is C9H17NS. The Bertz CT molecular complexity index is 152. The molecule has 0 aromatic carbocycles. The number of hydrogen-bond acceptors (Lipinski definition) is 2. The lowest BCUT2D eigenvalue weighted by molar-refractivity contribution is 0.249. The summed E-state index contributed by atoms with van der Waals surface area (Å²) in [6, 6.07) is 0. The summed E-state index contributed by atoms with van der Waals surface area (Å²) < 4.78 is 0. The van der Waals surface area contributed by atoms with Crippen molar-refractivity contribution in [3.05, 3.63) is 12.2 Å². The molecule has 0 aromatic rings. The molecule has 2 heteroatoms. The van der Waals surface area contributed by atoms with Gasteiger partial charge >= 0.3 is 0 Å². The lowest BCUT2D eigenvalue weighted by Gasteiger charge is -2.29. The van der Waals surface area contributed by atoms with E-state index in [1.807, 2.05) is 0 Å². The first-order valence-electron chi connectivity index (χ1n) is 4.17. The topological polar surface area (TPSA) is 3.24 Å². The summed E-state index contributed by atoms with van der Waals surface area (Å²) in [5, 5.41) is 0. The van der Waals surface area contributed by atoms with Gasteiger partial charge in [-0.05, 0) is 20.8 Å². The van der Waals surface area contributed by atoms with Crippen molar-refractivity contribution in [1.29, 1.82) is 0 Å². The Hall–Kier alpha value is 0.0500. The molecule has 11 heavy (non-hydrogen) atoms. The molecule has 0 bridgehead atoms. The van der Waals surface area contributed by atoms with Gasteiger partial charge in [0.25, 0.3) is 0 Å². The first-order chi connectivity index (χ1) is 5.17. The zero-order valence-electron chi connectivity index (χ0n) is 7.63. The van der Waals surface area contributed by atoms with Crippen molar-refractivity contribution in [1.82, 2.24) is 4.90 Å². The van der Waals surface area contributed by atoms with Gasteiger partial charge in [-0.1, -0.05) is 12.2 Å². The molecule has 0 spiro atoms. The van der Waals surface area contributed by atoms with Gasteiger partial charge in [0.1, 0.15) is 0 Å².